The van der Waals surface area contributed by atoms with Gasteiger partial charge in [0.2, 0.25) is 0 Å². The molecule has 0 radical (unpaired) electrons. The molecule has 0 N–H and O–H groups in total. The Kier molecular flexibility index (Phi) is 3.75. The average Bonchev–Trinajstić information content (AvgIpc) is 2.15. The summed E-state index contributed by atoms with van der Waals surface area (Å²) in [5.41, 5.74) is 0.607. The quantitative estimate of drug-likeness (QED) is 0.603. The molecule has 14 heavy (non-hydrogen) atoms. The van der Waals surface area contributed by atoms with E-state index in [-0.39, 0.29) is 10.4 Å². The van der Waals surface area contributed by atoms with Gasteiger partial charge in [-0.2, -0.15) is 0 Å². The fourth-order valence-electron chi connectivity index (χ4n) is 1.19. The molecule has 1 unspecified atom stereocenters. The minimum atomic E-state index is -0.903. The van der Waals surface area contributed by atoms with E-state index in [0.717, 1.165) is 12.4 Å². The first-order chi connectivity index (χ1) is 6.57. The minimum absolute atomic E-state index is 0.104. The molecule has 1 aromatic carbocycles. The van der Waals surface area contributed by atoms with E-state index in [9.17, 15) is 13.6 Å². The number of hydrogen-bond donors (Lipinski definition) is 0. The van der Waals surface area contributed by atoms with E-state index < -0.39 is 11.6 Å². The Bertz CT molecular complexity index is 352. The van der Waals surface area contributed by atoms with Crippen LogP contribution in [0.4, 0.5) is 8.78 Å². The van der Waals surface area contributed by atoms with Crippen LogP contribution in [-0.4, -0.2) is 6.29 Å². The Labute approximate surface area is 89.3 Å². The van der Waals surface area contributed by atoms with Gasteiger partial charge < -0.3 is 4.79 Å². The fraction of sp³-hybridized carbons (Fsp3) is 0.300. The van der Waals surface area contributed by atoms with Crippen molar-refractivity contribution in [2.24, 2.45) is 0 Å². The van der Waals surface area contributed by atoms with Crippen molar-refractivity contribution in [2.75, 3.05) is 0 Å². The number of carbonyl (C=O) groups excluding carboxylic acids is 1. The van der Waals surface area contributed by atoms with Gasteiger partial charge in [-0.05, 0) is 33.5 Å². The number of benzene rings is 1. The molecule has 0 saturated carbocycles. The molecule has 0 heterocycles. The van der Waals surface area contributed by atoms with Crippen molar-refractivity contribution in [3.05, 3.63) is 33.8 Å². The van der Waals surface area contributed by atoms with Gasteiger partial charge in [0.15, 0.2) is 11.6 Å². The van der Waals surface area contributed by atoms with Crippen LogP contribution >= 0.6 is 15.9 Å². The third-order valence-electron chi connectivity index (χ3n) is 2.05. The molecular formula is C10H9BrF2O. The first kappa shape index (κ1) is 11.3. The lowest BCUT2D eigenvalue weighted by Gasteiger charge is -2.11. The van der Waals surface area contributed by atoms with Gasteiger partial charge in [0.05, 0.1) is 4.47 Å². The summed E-state index contributed by atoms with van der Waals surface area (Å²) in [6.07, 6.45) is 1.06. The molecule has 0 amide bonds. The normalized spacial score (nSPS) is 12.6. The zero-order valence-corrected chi connectivity index (χ0v) is 9.14. The summed E-state index contributed by atoms with van der Waals surface area (Å²) in [6, 6.07) is 2.55. The fourth-order valence-corrected chi connectivity index (χ4v) is 1.91. The van der Waals surface area contributed by atoms with Crippen molar-refractivity contribution in [1.29, 1.82) is 0 Å². The van der Waals surface area contributed by atoms with E-state index in [2.05, 4.69) is 15.9 Å². The van der Waals surface area contributed by atoms with E-state index in [1.165, 1.54) is 6.07 Å². The van der Waals surface area contributed by atoms with Crippen LogP contribution in [0.2, 0.25) is 0 Å². The summed E-state index contributed by atoms with van der Waals surface area (Å²) in [7, 11) is 0. The Balaban J connectivity index is 3.10. The highest BCUT2D eigenvalue weighted by atomic mass is 79.9. The van der Waals surface area contributed by atoms with Crippen molar-refractivity contribution in [1.82, 2.24) is 0 Å². The number of hydrogen-bond acceptors (Lipinski definition) is 1. The molecule has 0 aliphatic rings. The monoisotopic (exact) mass is 262 g/mol. The maximum absolute atomic E-state index is 13.1. The summed E-state index contributed by atoms with van der Waals surface area (Å²) in [4.78, 5) is 10.3. The molecule has 1 rings (SSSR count). The van der Waals surface area contributed by atoms with E-state index in [1.54, 1.807) is 6.92 Å². The highest BCUT2D eigenvalue weighted by molar-refractivity contribution is 9.10. The van der Waals surface area contributed by atoms with E-state index in [0.29, 0.717) is 12.0 Å². The van der Waals surface area contributed by atoms with Crippen LogP contribution < -0.4 is 0 Å². The number of aldehydes is 1. The highest BCUT2D eigenvalue weighted by Crippen LogP contribution is 2.29. The van der Waals surface area contributed by atoms with Crippen LogP contribution in [0.1, 0.15) is 24.8 Å². The van der Waals surface area contributed by atoms with Crippen LogP contribution in [0.3, 0.4) is 0 Å². The molecule has 0 aliphatic carbocycles. The molecule has 0 aromatic heterocycles. The van der Waals surface area contributed by atoms with Crippen molar-refractivity contribution in [2.45, 2.75) is 19.3 Å². The number of halogens is 3. The maximum atomic E-state index is 13.1. The molecule has 0 spiro atoms. The van der Waals surface area contributed by atoms with E-state index >= 15 is 0 Å². The largest absolute Gasteiger partial charge is 0.303 e. The minimum Gasteiger partial charge on any atom is -0.303 e. The van der Waals surface area contributed by atoms with Gasteiger partial charge in [0, 0.05) is 6.42 Å². The second kappa shape index (κ2) is 4.64. The molecule has 4 heteroatoms. The number of rotatable bonds is 3. The molecule has 0 fully saturated rings. The molecule has 1 aromatic rings. The first-order valence-corrected chi connectivity index (χ1v) is 4.94. The summed E-state index contributed by atoms with van der Waals surface area (Å²) in [5.74, 6) is -1.91. The van der Waals surface area contributed by atoms with Crippen molar-refractivity contribution in [3.63, 3.8) is 0 Å². The SMILES string of the molecule is CC(CC=O)c1ccc(F)c(F)c1Br. The Hall–Kier alpha value is -0.770. The summed E-state index contributed by atoms with van der Waals surface area (Å²) < 4.78 is 25.9. The smallest absolute Gasteiger partial charge is 0.173 e. The summed E-state index contributed by atoms with van der Waals surface area (Å²) in [6.45, 7) is 1.78. The average molecular weight is 263 g/mol. The molecule has 0 bridgehead atoms. The van der Waals surface area contributed by atoms with Crippen molar-refractivity contribution in [3.8, 4) is 0 Å². The second-order valence-corrected chi connectivity index (χ2v) is 3.86. The number of carbonyl (C=O) groups is 1. The second-order valence-electron chi connectivity index (χ2n) is 3.07. The Morgan fingerprint density at radius 2 is 2.14 bits per heavy atom. The van der Waals surface area contributed by atoms with Gasteiger partial charge in [0.25, 0.3) is 0 Å². The van der Waals surface area contributed by atoms with Crippen LogP contribution in [0.25, 0.3) is 0 Å². The molecule has 0 saturated heterocycles. The maximum Gasteiger partial charge on any atom is 0.173 e. The van der Waals surface area contributed by atoms with Gasteiger partial charge in [-0.15, -0.1) is 0 Å². The predicted octanol–water partition coefficient (Wildman–Crippen LogP) is 3.42. The molecule has 0 aliphatic heterocycles. The van der Waals surface area contributed by atoms with Crippen molar-refractivity contribution >= 4 is 22.2 Å². The van der Waals surface area contributed by atoms with Gasteiger partial charge in [-0.1, -0.05) is 13.0 Å². The van der Waals surface area contributed by atoms with Gasteiger partial charge >= 0.3 is 0 Å². The Morgan fingerprint density at radius 3 is 2.71 bits per heavy atom. The van der Waals surface area contributed by atoms with Crippen LogP contribution in [-0.2, 0) is 4.79 Å². The standard InChI is InChI=1S/C10H9BrF2O/c1-6(4-5-14)7-2-3-8(12)10(13)9(7)11/h2-3,5-6H,4H2,1H3. The summed E-state index contributed by atoms with van der Waals surface area (Å²) >= 11 is 2.97. The Morgan fingerprint density at radius 1 is 1.50 bits per heavy atom. The lowest BCUT2D eigenvalue weighted by atomic mass is 9.98. The van der Waals surface area contributed by atoms with Gasteiger partial charge in [-0.25, -0.2) is 8.78 Å². The predicted molar refractivity (Wildman–Crippen MR) is 53.2 cm³/mol. The first-order valence-electron chi connectivity index (χ1n) is 4.15. The van der Waals surface area contributed by atoms with Gasteiger partial charge in [-0.3, -0.25) is 0 Å². The molecule has 1 atom stereocenters. The zero-order chi connectivity index (χ0) is 10.7. The zero-order valence-electron chi connectivity index (χ0n) is 7.56. The van der Waals surface area contributed by atoms with Gasteiger partial charge in [0.1, 0.15) is 6.29 Å². The molecule has 1 nitrogen and oxygen atoms in total. The molecular weight excluding hydrogens is 254 g/mol. The van der Waals surface area contributed by atoms with E-state index in [1.807, 2.05) is 0 Å². The lowest BCUT2D eigenvalue weighted by Crippen LogP contribution is -1.99. The van der Waals surface area contributed by atoms with Crippen LogP contribution in [0.5, 0.6) is 0 Å². The van der Waals surface area contributed by atoms with E-state index in [4.69, 9.17) is 0 Å². The third-order valence-corrected chi connectivity index (χ3v) is 2.85. The van der Waals surface area contributed by atoms with Crippen LogP contribution in [0.15, 0.2) is 16.6 Å². The van der Waals surface area contributed by atoms with Crippen molar-refractivity contribution < 1.29 is 13.6 Å². The third kappa shape index (κ3) is 2.18. The highest BCUT2D eigenvalue weighted by Gasteiger charge is 2.15. The summed E-state index contributed by atoms with van der Waals surface area (Å²) in [5, 5.41) is 0. The van der Waals surface area contributed by atoms with Crippen LogP contribution in [0, 0.1) is 11.6 Å². The topological polar surface area (TPSA) is 17.1 Å². The lowest BCUT2D eigenvalue weighted by molar-refractivity contribution is -0.108. The molecule has 76 valence electrons.